The van der Waals surface area contributed by atoms with Gasteiger partial charge in [0, 0.05) is 18.2 Å². The van der Waals surface area contributed by atoms with E-state index in [1.54, 1.807) is 23.1 Å². The minimum atomic E-state index is -0.130. The summed E-state index contributed by atoms with van der Waals surface area (Å²) in [6, 6.07) is 24.3. The van der Waals surface area contributed by atoms with Crippen molar-refractivity contribution in [3.63, 3.8) is 0 Å². The highest BCUT2D eigenvalue weighted by molar-refractivity contribution is 5.99. The fourth-order valence-corrected chi connectivity index (χ4v) is 3.46. The van der Waals surface area contributed by atoms with Crippen molar-refractivity contribution in [1.29, 1.82) is 0 Å². The molecule has 0 saturated heterocycles. The standard InChI is InChI=1S/C26H26N2O5/c29-25(12-7-16-31-21-8-3-1-4-9-21)27-20-13-14-23-24(18-20)33-19-26(30)28(23)15-17-32-22-10-5-2-6-11-22/h1-6,8-11,13-14,18H,7,12,15-17,19H2,(H,27,29). The van der Waals surface area contributed by atoms with Crippen LogP contribution in [0.5, 0.6) is 17.2 Å². The predicted octanol–water partition coefficient (Wildman–Crippen LogP) is 4.29. The van der Waals surface area contributed by atoms with E-state index in [9.17, 15) is 9.59 Å². The maximum Gasteiger partial charge on any atom is 0.265 e. The van der Waals surface area contributed by atoms with Gasteiger partial charge in [0.05, 0.1) is 18.8 Å². The van der Waals surface area contributed by atoms with Crippen molar-refractivity contribution in [2.75, 3.05) is 36.6 Å². The molecule has 0 radical (unpaired) electrons. The maximum atomic E-state index is 12.4. The van der Waals surface area contributed by atoms with Crippen LogP contribution in [-0.2, 0) is 9.59 Å². The zero-order chi connectivity index (χ0) is 22.9. The number of hydrogen-bond donors (Lipinski definition) is 1. The fraction of sp³-hybridized carbons (Fsp3) is 0.231. The highest BCUT2D eigenvalue weighted by Gasteiger charge is 2.25. The van der Waals surface area contributed by atoms with Crippen LogP contribution in [0.25, 0.3) is 0 Å². The van der Waals surface area contributed by atoms with Gasteiger partial charge in [0.25, 0.3) is 5.91 Å². The molecule has 33 heavy (non-hydrogen) atoms. The van der Waals surface area contributed by atoms with Crippen molar-refractivity contribution < 1.29 is 23.8 Å². The van der Waals surface area contributed by atoms with Crippen molar-refractivity contribution >= 4 is 23.2 Å². The monoisotopic (exact) mass is 446 g/mol. The van der Waals surface area contributed by atoms with Crippen molar-refractivity contribution in [2.45, 2.75) is 12.8 Å². The average molecular weight is 447 g/mol. The highest BCUT2D eigenvalue weighted by atomic mass is 16.5. The van der Waals surface area contributed by atoms with Gasteiger partial charge >= 0.3 is 0 Å². The summed E-state index contributed by atoms with van der Waals surface area (Å²) in [4.78, 5) is 26.3. The van der Waals surface area contributed by atoms with Crippen LogP contribution in [0.1, 0.15) is 12.8 Å². The number of rotatable bonds is 10. The molecule has 7 nitrogen and oxygen atoms in total. The van der Waals surface area contributed by atoms with Gasteiger partial charge in [0.15, 0.2) is 6.61 Å². The first-order valence-electron chi connectivity index (χ1n) is 10.9. The first-order chi connectivity index (χ1) is 16.2. The Balaban J connectivity index is 1.27. The molecular formula is C26H26N2O5. The number of hydrogen-bond acceptors (Lipinski definition) is 5. The average Bonchev–Trinajstić information content (AvgIpc) is 2.84. The van der Waals surface area contributed by atoms with E-state index in [-0.39, 0.29) is 18.4 Å². The van der Waals surface area contributed by atoms with Gasteiger partial charge in [-0.3, -0.25) is 9.59 Å². The summed E-state index contributed by atoms with van der Waals surface area (Å²) in [6.45, 7) is 1.18. The molecule has 0 aromatic heterocycles. The third kappa shape index (κ3) is 6.26. The second-order valence-electron chi connectivity index (χ2n) is 7.49. The summed E-state index contributed by atoms with van der Waals surface area (Å²) in [5, 5.41) is 2.88. The molecular weight excluding hydrogens is 420 g/mol. The second kappa shape index (κ2) is 11.0. The lowest BCUT2D eigenvalue weighted by atomic mass is 10.2. The minimum Gasteiger partial charge on any atom is -0.494 e. The lowest BCUT2D eigenvalue weighted by molar-refractivity contribution is -0.121. The molecule has 0 saturated carbocycles. The van der Waals surface area contributed by atoms with Crippen LogP contribution in [0, 0.1) is 0 Å². The number of carbonyl (C=O) groups is 2. The summed E-state index contributed by atoms with van der Waals surface area (Å²) in [6.07, 6.45) is 0.943. The Hall–Kier alpha value is -4.00. The molecule has 3 aromatic rings. The Kier molecular flexibility index (Phi) is 7.43. The zero-order valence-electron chi connectivity index (χ0n) is 18.2. The van der Waals surface area contributed by atoms with Crippen LogP contribution in [-0.4, -0.2) is 38.2 Å². The summed E-state index contributed by atoms with van der Waals surface area (Å²) < 4.78 is 16.9. The Labute approximate surface area is 192 Å². The quantitative estimate of drug-likeness (QED) is 0.470. The SMILES string of the molecule is O=C(CCCOc1ccccc1)Nc1ccc2c(c1)OCC(=O)N2CCOc1ccccc1. The number of nitrogens with zero attached hydrogens (tertiary/aromatic N) is 1. The van der Waals surface area contributed by atoms with Gasteiger partial charge in [0.2, 0.25) is 5.91 Å². The van der Waals surface area contributed by atoms with Gasteiger partial charge in [-0.2, -0.15) is 0 Å². The Morgan fingerprint density at radius 1 is 0.909 bits per heavy atom. The van der Waals surface area contributed by atoms with E-state index < -0.39 is 0 Å². The molecule has 4 rings (SSSR count). The van der Waals surface area contributed by atoms with Crippen molar-refractivity contribution in [3.8, 4) is 17.2 Å². The van der Waals surface area contributed by atoms with Crippen LogP contribution in [0.15, 0.2) is 78.9 Å². The minimum absolute atomic E-state index is 0.0490. The molecule has 0 spiro atoms. The number of fused-ring (bicyclic) bond motifs is 1. The second-order valence-corrected chi connectivity index (χ2v) is 7.49. The van der Waals surface area contributed by atoms with Crippen LogP contribution in [0.3, 0.4) is 0 Å². The third-order valence-electron chi connectivity index (χ3n) is 5.07. The smallest absolute Gasteiger partial charge is 0.265 e. The van der Waals surface area contributed by atoms with Crippen LogP contribution in [0.2, 0.25) is 0 Å². The van der Waals surface area contributed by atoms with Gasteiger partial charge in [-0.25, -0.2) is 0 Å². The number of para-hydroxylation sites is 2. The number of amides is 2. The number of ether oxygens (including phenoxy) is 3. The van der Waals surface area contributed by atoms with Crippen LogP contribution >= 0.6 is 0 Å². The van der Waals surface area contributed by atoms with Crippen LogP contribution in [0.4, 0.5) is 11.4 Å². The van der Waals surface area contributed by atoms with E-state index in [2.05, 4.69) is 5.32 Å². The van der Waals surface area contributed by atoms with Crippen molar-refractivity contribution in [3.05, 3.63) is 78.9 Å². The molecule has 1 N–H and O–H groups in total. The van der Waals surface area contributed by atoms with Crippen molar-refractivity contribution in [2.24, 2.45) is 0 Å². The zero-order valence-corrected chi connectivity index (χ0v) is 18.2. The predicted molar refractivity (Wildman–Crippen MR) is 126 cm³/mol. The number of benzene rings is 3. The Morgan fingerprint density at radius 3 is 2.27 bits per heavy atom. The first kappa shape index (κ1) is 22.2. The number of carbonyl (C=O) groups excluding carboxylic acids is 2. The summed E-state index contributed by atoms with van der Waals surface area (Å²) in [5.41, 5.74) is 1.29. The molecule has 1 heterocycles. The lowest BCUT2D eigenvalue weighted by Crippen LogP contribution is -2.41. The molecule has 2 amide bonds. The number of nitrogens with one attached hydrogen (secondary N) is 1. The molecule has 0 aliphatic carbocycles. The number of anilines is 2. The topological polar surface area (TPSA) is 77.1 Å². The molecule has 0 atom stereocenters. The van der Waals surface area contributed by atoms with Gasteiger partial charge in [0.1, 0.15) is 23.9 Å². The summed E-state index contributed by atoms with van der Waals surface area (Å²) >= 11 is 0. The molecule has 1 aliphatic rings. The van der Waals surface area contributed by atoms with E-state index in [1.165, 1.54) is 0 Å². The third-order valence-corrected chi connectivity index (χ3v) is 5.07. The van der Waals surface area contributed by atoms with E-state index >= 15 is 0 Å². The lowest BCUT2D eigenvalue weighted by Gasteiger charge is -2.29. The summed E-state index contributed by atoms with van der Waals surface area (Å²) in [5.74, 6) is 1.86. The fourth-order valence-electron chi connectivity index (χ4n) is 3.46. The van der Waals surface area contributed by atoms with E-state index in [4.69, 9.17) is 14.2 Å². The van der Waals surface area contributed by atoms with Gasteiger partial charge in [-0.05, 0) is 42.8 Å². The van der Waals surface area contributed by atoms with E-state index in [0.717, 1.165) is 11.5 Å². The van der Waals surface area contributed by atoms with E-state index in [1.807, 2.05) is 60.7 Å². The molecule has 7 heteroatoms. The highest BCUT2D eigenvalue weighted by Crippen LogP contribution is 2.34. The van der Waals surface area contributed by atoms with E-state index in [0.29, 0.717) is 49.7 Å². The molecule has 0 unspecified atom stereocenters. The van der Waals surface area contributed by atoms with Gasteiger partial charge < -0.3 is 24.4 Å². The normalized spacial score (nSPS) is 12.5. The Bertz CT molecular complexity index is 1070. The summed E-state index contributed by atoms with van der Waals surface area (Å²) in [7, 11) is 0. The van der Waals surface area contributed by atoms with Crippen LogP contribution < -0.4 is 24.4 Å². The maximum absolute atomic E-state index is 12.4. The molecule has 0 fully saturated rings. The first-order valence-corrected chi connectivity index (χ1v) is 10.9. The Morgan fingerprint density at radius 2 is 1.58 bits per heavy atom. The van der Waals surface area contributed by atoms with Crippen molar-refractivity contribution in [1.82, 2.24) is 0 Å². The van der Waals surface area contributed by atoms with Gasteiger partial charge in [-0.15, -0.1) is 0 Å². The molecule has 170 valence electrons. The molecule has 3 aromatic carbocycles. The van der Waals surface area contributed by atoms with Gasteiger partial charge in [-0.1, -0.05) is 36.4 Å². The largest absolute Gasteiger partial charge is 0.494 e. The molecule has 0 bridgehead atoms. The molecule has 1 aliphatic heterocycles.